The van der Waals surface area contributed by atoms with E-state index in [2.05, 4.69) is 15.3 Å². The third kappa shape index (κ3) is 3.95. The zero-order valence-corrected chi connectivity index (χ0v) is 21.0. The number of halogens is 3. The molecule has 3 N–H and O–H groups in total. The monoisotopic (exact) mass is 521 g/mol. The van der Waals surface area contributed by atoms with Gasteiger partial charge in [-0.3, -0.25) is 4.90 Å². The van der Waals surface area contributed by atoms with Crippen molar-refractivity contribution >= 4 is 57.1 Å². The molecule has 0 bridgehead atoms. The highest BCUT2D eigenvalue weighted by atomic mass is 35.5. The van der Waals surface area contributed by atoms with Crippen LogP contribution >= 0.6 is 11.6 Å². The van der Waals surface area contributed by atoms with Gasteiger partial charge in [0.2, 0.25) is 0 Å². The van der Waals surface area contributed by atoms with Crippen LogP contribution in [0.2, 0.25) is 5.02 Å². The first-order valence-corrected chi connectivity index (χ1v) is 11.9. The molecular formula is C24H26ClF2N5O4. The number of benzene rings is 1. The predicted octanol–water partition coefficient (Wildman–Crippen LogP) is 5.26. The van der Waals surface area contributed by atoms with Crippen LogP contribution in [0.5, 0.6) is 0 Å². The number of hydrogen-bond donors (Lipinski definition) is 3. The van der Waals surface area contributed by atoms with Crippen molar-refractivity contribution in [1.82, 2.24) is 15.3 Å². The molecule has 2 unspecified atom stereocenters. The lowest BCUT2D eigenvalue weighted by Gasteiger charge is -2.22. The number of hydrogen-bond acceptors (Lipinski definition) is 5. The molecule has 192 valence electrons. The molecule has 1 saturated carbocycles. The minimum absolute atomic E-state index is 0.0433. The van der Waals surface area contributed by atoms with Gasteiger partial charge in [0, 0.05) is 37.7 Å². The fourth-order valence-corrected chi connectivity index (χ4v) is 5.38. The third-order valence-corrected chi connectivity index (χ3v) is 7.21. The normalized spacial score (nSPS) is 21.4. The van der Waals surface area contributed by atoms with E-state index in [1.54, 1.807) is 20.8 Å². The van der Waals surface area contributed by atoms with E-state index in [9.17, 15) is 19.1 Å². The molecule has 2 atom stereocenters. The van der Waals surface area contributed by atoms with Gasteiger partial charge in [0.25, 0.3) is 0 Å². The lowest BCUT2D eigenvalue weighted by molar-refractivity contribution is 0.0516. The molecule has 1 aliphatic heterocycles. The van der Waals surface area contributed by atoms with Crippen LogP contribution in [0.15, 0.2) is 12.3 Å². The average molecular weight is 522 g/mol. The molecule has 36 heavy (non-hydrogen) atoms. The van der Waals surface area contributed by atoms with Crippen LogP contribution < -0.4 is 15.1 Å². The number of H-pyrrole nitrogens is 1. The Morgan fingerprint density at radius 3 is 2.75 bits per heavy atom. The Balaban J connectivity index is 1.53. The molecule has 5 rings (SSSR count). The summed E-state index contributed by atoms with van der Waals surface area (Å²) < 4.78 is 35.2. The Bertz CT molecular complexity index is 1420. The average Bonchev–Trinajstić information content (AvgIpc) is 3.09. The Morgan fingerprint density at radius 2 is 2.08 bits per heavy atom. The van der Waals surface area contributed by atoms with Crippen LogP contribution in [0, 0.1) is 17.0 Å². The Morgan fingerprint density at radius 1 is 1.36 bits per heavy atom. The van der Waals surface area contributed by atoms with Gasteiger partial charge in [-0.15, -0.1) is 0 Å². The van der Waals surface area contributed by atoms with Gasteiger partial charge in [-0.25, -0.2) is 23.4 Å². The molecule has 2 fully saturated rings. The lowest BCUT2D eigenvalue weighted by atomic mass is 10.1. The van der Waals surface area contributed by atoms with Crippen molar-refractivity contribution in [2.24, 2.45) is 5.41 Å². The maximum atomic E-state index is 15.2. The van der Waals surface area contributed by atoms with Crippen molar-refractivity contribution in [3.8, 4) is 0 Å². The van der Waals surface area contributed by atoms with E-state index >= 15 is 4.39 Å². The van der Waals surface area contributed by atoms with Crippen LogP contribution in [0.25, 0.3) is 21.9 Å². The SMILES string of the molecule is CN(C(=O)O)c1cc(F)c(F)c2c1[nH]c1ncc(Cl)c(N3CCC4(CC4NC(=O)OC(C)(C)C)C3)c12. The first-order valence-electron chi connectivity index (χ1n) is 11.5. The van der Waals surface area contributed by atoms with E-state index < -0.39 is 29.4 Å². The number of nitrogens with zero attached hydrogens (tertiary/aromatic N) is 3. The summed E-state index contributed by atoms with van der Waals surface area (Å²) in [5.74, 6) is -2.30. The van der Waals surface area contributed by atoms with Crippen LogP contribution in [-0.2, 0) is 4.74 Å². The molecule has 1 saturated heterocycles. The highest BCUT2D eigenvalue weighted by Crippen LogP contribution is 2.55. The molecule has 2 aliphatic rings. The number of amides is 2. The van der Waals surface area contributed by atoms with Gasteiger partial charge in [0.1, 0.15) is 11.2 Å². The second kappa shape index (κ2) is 8.09. The van der Waals surface area contributed by atoms with Crippen molar-refractivity contribution in [2.75, 3.05) is 29.9 Å². The van der Waals surface area contributed by atoms with E-state index in [-0.39, 0.29) is 44.1 Å². The van der Waals surface area contributed by atoms with Crippen molar-refractivity contribution < 1.29 is 28.2 Å². The number of pyridine rings is 1. The first-order chi connectivity index (χ1) is 16.8. The summed E-state index contributed by atoms with van der Waals surface area (Å²) in [5.41, 5.74) is 0.0233. The zero-order valence-electron chi connectivity index (χ0n) is 20.2. The van der Waals surface area contributed by atoms with Gasteiger partial charge in [0.15, 0.2) is 11.6 Å². The van der Waals surface area contributed by atoms with E-state index in [1.807, 2.05) is 4.90 Å². The number of rotatable bonds is 3. The molecule has 2 amide bonds. The number of anilines is 2. The second-order valence-corrected chi connectivity index (χ2v) is 10.9. The van der Waals surface area contributed by atoms with Crippen molar-refractivity contribution in [2.45, 2.75) is 45.3 Å². The lowest BCUT2D eigenvalue weighted by Crippen LogP contribution is -2.36. The number of carbonyl (C=O) groups excluding carboxylic acids is 1. The highest BCUT2D eigenvalue weighted by molar-refractivity contribution is 6.36. The second-order valence-electron chi connectivity index (χ2n) is 10.5. The number of aromatic nitrogens is 2. The van der Waals surface area contributed by atoms with Gasteiger partial charge in [0.05, 0.1) is 38.9 Å². The van der Waals surface area contributed by atoms with Gasteiger partial charge >= 0.3 is 12.2 Å². The van der Waals surface area contributed by atoms with Crippen LogP contribution in [0.1, 0.15) is 33.6 Å². The maximum absolute atomic E-state index is 15.2. The number of fused-ring (bicyclic) bond motifs is 3. The fourth-order valence-electron chi connectivity index (χ4n) is 5.12. The smallest absolute Gasteiger partial charge is 0.411 e. The Kier molecular flexibility index (Phi) is 5.47. The molecule has 1 aliphatic carbocycles. The first kappa shape index (κ1) is 24.4. The molecule has 3 aromatic rings. The van der Waals surface area contributed by atoms with E-state index in [0.29, 0.717) is 18.8 Å². The van der Waals surface area contributed by atoms with Gasteiger partial charge in [-0.2, -0.15) is 0 Å². The summed E-state index contributed by atoms with van der Waals surface area (Å²) >= 11 is 6.56. The van der Waals surface area contributed by atoms with Gasteiger partial charge in [-0.1, -0.05) is 11.6 Å². The highest BCUT2D eigenvalue weighted by Gasteiger charge is 2.58. The number of carbonyl (C=O) groups is 2. The Labute approximate surface area is 210 Å². The summed E-state index contributed by atoms with van der Waals surface area (Å²) in [4.78, 5) is 33.8. The minimum Gasteiger partial charge on any atom is -0.465 e. The molecule has 0 radical (unpaired) electrons. The molecule has 12 heteroatoms. The van der Waals surface area contributed by atoms with Gasteiger partial charge < -0.3 is 25.0 Å². The van der Waals surface area contributed by atoms with Crippen molar-refractivity contribution in [3.63, 3.8) is 0 Å². The maximum Gasteiger partial charge on any atom is 0.411 e. The summed E-state index contributed by atoms with van der Waals surface area (Å²) in [5, 5.41) is 12.8. The summed E-state index contributed by atoms with van der Waals surface area (Å²) in [6.07, 6.45) is 1.15. The largest absolute Gasteiger partial charge is 0.465 e. The minimum atomic E-state index is -1.33. The topological polar surface area (TPSA) is 111 Å². The molecule has 2 aromatic heterocycles. The number of alkyl carbamates (subject to hydrolysis) is 1. The van der Waals surface area contributed by atoms with E-state index in [4.69, 9.17) is 16.3 Å². The van der Waals surface area contributed by atoms with E-state index in [1.165, 1.54) is 13.2 Å². The summed E-state index contributed by atoms with van der Waals surface area (Å²) in [7, 11) is 1.25. The van der Waals surface area contributed by atoms with Crippen molar-refractivity contribution in [1.29, 1.82) is 0 Å². The molecule has 1 aromatic carbocycles. The van der Waals surface area contributed by atoms with E-state index in [0.717, 1.165) is 23.8 Å². The quantitative estimate of drug-likeness (QED) is 0.434. The van der Waals surface area contributed by atoms with Gasteiger partial charge in [-0.05, 0) is 33.6 Å². The molecule has 9 nitrogen and oxygen atoms in total. The van der Waals surface area contributed by atoms with Crippen molar-refractivity contribution in [3.05, 3.63) is 28.9 Å². The van der Waals surface area contributed by atoms with Crippen LogP contribution in [0.4, 0.5) is 29.7 Å². The standard InChI is InChI=1S/C24H26ClF2N5O4/c1-23(2,3)36-21(33)29-14-8-24(14)5-6-32(10-24)19-11(25)9-28-20-16(19)15-17(27)12(26)7-13(18(15)30-20)31(4)22(34)35/h7,9,14H,5-6,8,10H2,1-4H3,(H,28,30)(H,29,33)(H,34,35). The number of aromatic amines is 1. The zero-order chi connectivity index (χ0) is 26.2. The summed E-state index contributed by atoms with van der Waals surface area (Å²) in [6, 6.07) is 0.770. The molecular weight excluding hydrogens is 496 g/mol. The molecule has 1 spiro atoms. The molecule has 3 heterocycles. The van der Waals surface area contributed by atoms with Crippen LogP contribution in [-0.4, -0.2) is 59.0 Å². The van der Waals surface area contributed by atoms with Crippen LogP contribution in [0.3, 0.4) is 0 Å². The fraction of sp³-hybridized carbons (Fsp3) is 0.458. The summed E-state index contributed by atoms with van der Waals surface area (Å²) in [6.45, 7) is 6.51. The number of nitrogens with one attached hydrogen (secondary N) is 2. The Hall–Kier alpha value is -3.34. The third-order valence-electron chi connectivity index (χ3n) is 6.93. The number of carboxylic acid groups (broad SMARTS) is 1. The number of ether oxygens (including phenoxy) is 1. The predicted molar refractivity (Wildman–Crippen MR) is 132 cm³/mol.